The van der Waals surface area contributed by atoms with Crippen LogP contribution in [0.15, 0.2) is 97.1 Å². The number of rotatable bonds is 10. The average Bonchev–Trinajstić information content (AvgIpc) is 3.45. The van der Waals surface area contributed by atoms with E-state index in [2.05, 4.69) is 66.4 Å². The molecule has 5 rings (SSSR count). The van der Waals surface area contributed by atoms with Gasteiger partial charge in [0.1, 0.15) is 24.0 Å². The van der Waals surface area contributed by atoms with Crippen LogP contribution in [-0.4, -0.2) is 32.4 Å². The van der Waals surface area contributed by atoms with Gasteiger partial charge in [-0.1, -0.05) is 65.7 Å². The van der Waals surface area contributed by atoms with Gasteiger partial charge < -0.3 is 19.1 Å². The molecule has 1 unspecified atom stereocenters. The second-order valence-corrected chi connectivity index (χ2v) is 9.94. The first-order valence-corrected chi connectivity index (χ1v) is 13.6. The van der Waals surface area contributed by atoms with Gasteiger partial charge in [-0.2, -0.15) is 0 Å². The Labute approximate surface area is 236 Å². The van der Waals surface area contributed by atoms with Crippen LogP contribution in [0.1, 0.15) is 28.7 Å². The van der Waals surface area contributed by atoms with Gasteiger partial charge in [0, 0.05) is 24.3 Å². The maximum atomic E-state index is 13.3. The monoisotopic (exact) mass is 545 g/mol. The molecular formula is C34H37F2NO3. The Balaban J connectivity index is 0.000000185. The highest BCUT2D eigenvalue weighted by Crippen LogP contribution is 2.22. The summed E-state index contributed by atoms with van der Waals surface area (Å²) in [6.07, 6.45) is 1.46. The van der Waals surface area contributed by atoms with Crippen molar-refractivity contribution in [2.75, 3.05) is 31.2 Å². The molecule has 4 aromatic carbocycles. The molecular weight excluding hydrogens is 508 g/mol. The van der Waals surface area contributed by atoms with Crippen molar-refractivity contribution in [2.24, 2.45) is 0 Å². The van der Waals surface area contributed by atoms with Crippen molar-refractivity contribution in [3.05, 3.63) is 131 Å². The molecule has 0 spiro atoms. The molecule has 1 saturated heterocycles. The number of anilines is 1. The molecule has 0 bridgehead atoms. The van der Waals surface area contributed by atoms with Gasteiger partial charge in [0.15, 0.2) is 0 Å². The third-order valence-corrected chi connectivity index (χ3v) is 6.66. The van der Waals surface area contributed by atoms with Crippen molar-refractivity contribution >= 4 is 5.69 Å². The van der Waals surface area contributed by atoms with Crippen LogP contribution in [0.5, 0.6) is 5.75 Å². The number of ether oxygens (including phenoxy) is 3. The molecule has 40 heavy (non-hydrogen) atoms. The van der Waals surface area contributed by atoms with Crippen LogP contribution in [-0.2, 0) is 22.7 Å². The van der Waals surface area contributed by atoms with Crippen LogP contribution < -0.4 is 9.64 Å². The Hall–Kier alpha value is -3.74. The van der Waals surface area contributed by atoms with E-state index in [0.29, 0.717) is 25.9 Å². The molecule has 1 aliphatic heterocycles. The fourth-order valence-corrected chi connectivity index (χ4v) is 4.32. The van der Waals surface area contributed by atoms with E-state index in [4.69, 9.17) is 14.2 Å². The van der Waals surface area contributed by atoms with Crippen LogP contribution >= 0.6 is 0 Å². The first-order valence-electron chi connectivity index (χ1n) is 13.6. The predicted octanol–water partition coefficient (Wildman–Crippen LogP) is 7.66. The van der Waals surface area contributed by atoms with Crippen molar-refractivity contribution in [1.82, 2.24) is 0 Å². The molecule has 0 aliphatic carbocycles. The molecule has 6 heteroatoms. The third-order valence-electron chi connectivity index (χ3n) is 6.66. The first kappa shape index (κ1) is 29.2. The number of para-hydroxylation sites is 1. The van der Waals surface area contributed by atoms with Gasteiger partial charge in [0.25, 0.3) is 0 Å². The standard InChI is InChI=1S/C18H21NO.C16H16F2O2/c1-15-7-9-16(10-8-15)14-20-18-11-12-19(13-18)17-5-3-2-4-6-17;1-12-2-5-15(6-3-12)20-9-8-19-11-13-10-14(17)4-7-16(13)18/h2-10,18H,11-14H2,1H3;2-7,10H,8-9,11H2,1H3. The van der Waals surface area contributed by atoms with E-state index in [1.54, 1.807) is 0 Å². The molecule has 0 N–H and O–H groups in total. The smallest absolute Gasteiger partial charge is 0.128 e. The Morgan fingerprint density at radius 1 is 0.775 bits per heavy atom. The molecule has 4 aromatic rings. The topological polar surface area (TPSA) is 30.9 Å². The molecule has 1 aliphatic rings. The van der Waals surface area contributed by atoms with Gasteiger partial charge in [-0.3, -0.25) is 0 Å². The average molecular weight is 546 g/mol. The Morgan fingerprint density at radius 3 is 2.20 bits per heavy atom. The number of hydrogen-bond donors (Lipinski definition) is 0. The molecule has 210 valence electrons. The summed E-state index contributed by atoms with van der Waals surface area (Å²) in [5, 5.41) is 0. The van der Waals surface area contributed by atoms with Crippen molar-refractivity contribution < 1.29 is 23.0 Å². The van der Waals surface area contributed by atoms with Gasteiger partial charge in [-0.05, 0) is 68.3 Å². The maximum Gasteiger partial charge on any atom is 0.128 e. The van der Waals surface area contributed by atoms with Gasteiger partial charge >= 0.3 is 0 Å². The highest BCUT2D eigenvalue weighted by molar-refractivity contribution is 5.47. The maximum absolute atomic E-state index is 13.3. The van der Waals surface area contributed by atoms with Gasteiger partial charge in [-0.25, -0.2) is 8.78 Å². The van der Waals surface area contributed by atoms with Crippen molar-refractivity contribution in [3.8, 4) is 5.75 Å². The molecule has 0 amide bonds. The molecule has 0 aromatic heterocycles. The van der Waals surface area contributed by atoms with Gasteiger partial charge in [-0.15, -0.1) is 0 Å². The van der Waals surface area contributed by atoms with Crippen LogP contribution in [0, 0.1) is 25.5 Å². The highest BCUT2D eigenvalue weighted by Gasteiger charge is 2.23. The zero-order valence-corrected chi connectivity index (χ0v) is 23.2. The van der Waals surface area contributed by atoms with Crippen LogP contribution in [0.2, 0.25) is 0 Å². The number of halogens is 2. The van der Waals surface area contributed by atoms with E-state index in [9.17, 15) is 8.78 Å². The molecule has 1 heterocycles. The summed E-state index contributed by atoms with van der Waals surface area (Å²) in [7, 11) is 0. The minimum Gasteiger partial charge on any atom is -0.491 e. The minimum atomic E-state index is -0.471. The molecule has 0 radical (unpaired) electrons. The minimum absolute atomic E-state index is 0.0286. The van der Waals surface area contributed by atoms with Crippen LogP contribution in [0.4, 0.5) is 14.5 Å². The van der Waals surface area contributed by atoms with Gasteiger partial charge in [0.05, 0.1) is 25.9 Å². The Morgan fingerprint density at radius 2 is 1.48 bits per heavy atom. The van der Waals surface area contributed by atoms with E-state index in [0.717, 1.165) is 49.0 Å². The molecule has 0 saturated carbocycles. The second-order valence-electron chi connectivity index (χ2n) is 9.94. The van der Waals surface area contributed by atoms with Crippen molar-refractivity contribution in [1.29, 1.82) is 0 Å². The molecule has 1 atom stereocenters. The second kappa shape index (κ2) is 15.2. The summed E-state index contributed by atoms with van der Waals surface area (Å²) < 4.78 is 43.0. The molecule has 4 nitrogen and oxygen atoms in total. The summed E-state index contributed by atoms with van der Waals surface area (Å²) in [6, 6.07) is 30.2. The lowest BCUT2D eigenvalue weighted by Gasteiger charge is -2.18. The quantitative estimate of drug-likeness (QED) is 0.192. The lowest BCUT2D eigenvalue weighted by Crippen LogP contribution is -2.22. The van der Waals surface area contributed by atoms with E-state index in [-0.39, 0.29) is 12.2 Å². The Kier molecular flexibility index (Phi) is 11.1. The van der Waals surface area contributed by atoms with E-state index in [1.807, 2.05) is 31.2 Å². The Bertz CT molecular complexity index is 1300. The number of benzene rings is 4. The zero-order valence-electron chi connectivity index (χ0n) is 23.2. The fraction of sp³-hybridized carbons (Fsp3) is 0.294. The van der Waals surface area contributed by atoms with Gasteiger partial charge in [0.2, 0.25) is 0 Å². The van der Waals surface area contributed by atoms with Crippen LogP contribution in [0.25, 0.3) is 0 Å². The summed E-state index contributed by atoms with van der Waals surface area (Å²) in [5.74, 6) is -0.178. The third kappa shape index (κ3) is 9.47. The SMILES string of the molecule is Cc1ccc(COC2CCN(c3ccccc3)C2)cc1.Cc1ccc(OCCOCc2cc(F)ccc2F)cc1. The van der Waals surface area contributed by atoms with Crippen LogP contribution in [0.3, 0.4) is 0 Å². The fourth-order valence-electron chi connectivity index (χ4n) is 4.32. The van der Waals surface area contributed by atoms with E-state index >= 15 is 0 Å². The molecule has 1 fully saturated rings. The zero-order chi connectivity index (χ0) is 28.2. The van der Waals surface area contributed by atoms with Crippen molar-refractivity contribution in [2.45, 2.75) is 39.6 Å². The highest BCUT2D eigenvalue weighted by atomic mass is 19.1. The first-order chi connectivity index (χ1) is 19.5. The predicted molar refractivity (Wildman–Crippen MR) is 156 cm³/mol. The normalized spacial score (nSPS) is 14.5. The summed E-state index contributed by atoms with van der Waals surface area (Å²) >= 11 is 0. The number of aryl methyl sites for hydroxylation is 2. The van der Waals surface area contributed by atoms with Crippen molar-refractivity contribution in [3.63, 3.8) is 0 Å². The number of nitrogens with zero attached hydrogens (tertiary/aromatic N) is 1. The lowest BCUT2D eigenvalue weighted by atomic mass is 10.2. The lowest BCUT2D eigenvalue weighted by molar-refractivity contribution is 0.0553. The summed E-state index contributed by atoms with van der Waals surface area (Å²) in [6.45, 7) is 7.61. The summed E-state index contributed by atoms with van der Waals surface area (Å²) in [5.41, 5.74) is 5.23. The number of hydrogen-bond acceptors (Lipinski definition) is 4. The van der Waals surface area contributed by atoms with E-state index < -0.39 is 11.6 Å². The van der Waals surface area contributed by atoms with E-state index in [1.165, 1.54) is 16.8 Å². The summed E-state index contributed by atoms with van der Waals surface area (Å²) in [4.78, 5) is 2.40. The largest absolute Gasteiger partial charge is 0.491 e.